The van der Waals surface area contributed by atoms with Gasteiger partial charge in [-0.2, -0.15) is 0 Å². The molecule has 0 radical (unpaired) electrons. The molecule has 10 aromatic carbocycles. The highest BCUT2D eigenvalue weighted by molar-refractivity contribution is 5.94. The Labute approximate surface area is 378 Å². The van der Waals surface area contributed by atoms with Crippen molar-refractivity contribution in [2.75, 3.05) is 4.90 Å². The molecule has 0 amide bonds. The second-order valence-electron chi connectivity index (χ2n) is 17.2. The van der Waals surface area contributed by atoms with Crippen LogP contribution in [0.25, 0.3) is 38.5 Å². The van der Waals surface area contributed by atoms with E-state index in [-0.39, 0.29) is 5.92 Å². The normalized spacial score (nSPS) is 14.2. The summed E-state index contributed by atoms with van der Waals surface area (Å²) in [5.41, 5.74) is 15.9. The van der Waals surface area contributed by atoms with Gasteiger partial charge in [0.1, 0.15) is 5.75 Å². The second-order valence-corrected chi connectivity index (χ2v) is 17.2. The lowest BCUT2D eigenvalue weighted by Gasteiger charge is -2.35. The summed E-state index contributed by atoms with van der Waals surface area (Å²) in [7, 11) is 0. The number of fused-ring (bicyclic) bond motifs is 8. The number of benzene rings is 10. The molecule has 0 spiro atoms. The predicted molar refractivity (Wildman–Crippen MR) is 267 cm³/mol. The summed E-state index contributed by atoms with van der Waals surface area (Å²) in [5, 5.41) is 3.48. The number of nitrogens with zero attached hydrogens (tertiary/aromatic N) is 2. The third-order valence-corrected chi connectivity index (χ3v) is 13.8. The Hall–Kier alpha value is -8.40. The molecular weight excluding hydrogens is 789 g/mol. The van der Waals surface area contributed by atoms with Crippen LogP contribution in [-0.2, 0) is 5.41 Å². The van der Waals surface area contributed by atoms with Crippen molar-refractivity contribution in [3.05, 3.63) is 288 Å². The minimum absolute atomic E-state index is 0.0819. The zero-order valence-corrected chi connectivity index (χ0v) is 35.6. The Morgan fingerprint density at radius 2 is 1.00 bits per heavy atom. The van der Waals surface area contributed by atoms with Gasteiger partial charge in [-0.25, -0.2) is 0 Å². The minimum atomic E-state index is -0.537. The Morgan fingerprint density at radius 3 is 1.77 bits per heavy atom. The van der Waals surface area contributed by atoms with Crippen LogP contribution in [0, 0.1) is 0 Å². The Morgan fingerprint density at radius 1 is 0.431 bits per heavy atom. The molecule has 1 unspecified atom stereocenters. The number of ether oxygens (including phenoxy) is 1. The quantitative estimate of drug-likeness (QED) is 0.159. The van der Waals surface area contributed by atoms with E-state index in [9.17, 15) is 0 Å². The number of para-hydroxylation sites is 2. The van der Waals surface area contributed by atoms with Crippen LogP contribution in [0.2, 0.25) is 0 Å². The smallest absolute Gasteiger partial charge is 0.157 e. The largest absolute Gasteiger partial charge is 0.454 e. The molecule has 11 aromatic rings. The molecule has 13 rings (SSSR count). The maximum Gasteiger partial charge on any atom is 0.157 e. The summed E-state index contributed by atoms with van der Waals surface area (Å²) in [6, 6.07) is 90.6. The Bertz CT molecular complexity index is 3540. The van der Waals surface area contributed by atoms with Crippen molar-refractivity contribution in [3.8, 4) is 28.3 Å². The molecule has 0 saturated carbocycles. The van der Waals surface area contributed by atoms with E-state index in [2.05, 4.69) is 258 Å². The van der Waals surface area contributed by atoms with E-state index in [0.29, 0.717) is 0 Å². The maximum absolute atomic E-state index is 7.29. The third kappa shape index (κ3) is 5.69. The van der Waals surface area contributed by atoms with Gasteiger partial charge in [-0.15, -0.1) is 0 Å². The van der Waals surface area contributed by atoms with E-state index in [4.69, 9.17) is 4.74 Å². The van der Waals surface area contributed by atoms with Crippen molar-refractivity contribution in [1.29, 1.82) is 0 Å². The van der Waals surface area contributed by atoms with Crippen LogP contribution in [0.15, 0.2) is 249 Å². The van der Waals surface area contributed by atoms with Gasteiger partial charge in [0.05, 0.1) is 22.5 Å². The zero-order valence-electron chi connectivity index (χ0n) is 35.6. The van der Waals surface area contributed by atoms with E-state index in [1.165, 1.54) is 49.7 Å². The highest BCUT2D eigenvalue weighted by Gasteiger charge is 2.46. The number of rotatable bonds is 7. The molecule has 3 nitrogen and oxygen atoms in total. The molecule has 0 saturated heterocycles. The first-order chi connectivity index (χ1) is 32.3. The van der Waals surface area contributed by atoms with E-state index in [0.717, 1.165) is 56.4 Å². The Balaban J connectivity index is 1.05. The van der Waals surface area contributed by atoms with Crippen molar-refractivity contribution in [1.82, 2.24) is 4.57 Å². The van der Waals surface area contributed by atoms with Crippen LogP contribution in [0.3, 0.4) is 0 Å². The lowest BCUT2D eigenvalue weighted by atomic mass is 9.67. The van der Waals surface area contributed by atoms with Gasteiger partial charge < -0.3 is 14.2 Å². The van der Waals surface area contributed by atoms with Crippen LogP contribution < -0.4 is 9.64 Å². The van der Waals surface area contributed by atoms with Crippen molar-refractivity contribution in [3.63, 3.8) is 0 Å². The van der Waals surface area contributed by atoms with Crippen molar-refractivity contribution in [2.45, 2.75) is 11.3 Å². The van der Waals surface area contributed by atoms with E-state index in [1.54, 1.807) is 0 Å². The zero-order chi connectivity index (χ0) is 42.9. The van der Waals surface area contributed by atoms with Crippen LogP contribution >= 0.6 is 0 Å². The van der Waals surface area contributed by atoms with Gasteiger partial charge in [-0.05, 0) is 104 Å². The van der Waals surface area contributed by atoms with Gasteiger partial charge >= 0.3 is 0 Å². The lowest BCUT2D eigenvalue weighted by molar-refractivity contribution is 0.454. The van der Waals surface area contributed by atoms with Crippen LogP contribution in [0.1, 0.15) is 45.0 Å². The standard InChI is InChI=1S/C62H42N2O/c1-5-20-43(21-6-1)59-54-38-36-50(41-58(54)65-61-53-30-16-18-32-57(53)64(60(59)61)47-27-11-4-12-28-47)63(48-34-33-42-19-13-14-22-44(42)39-48)49-35-37-52-51-29-15-17-31-55(51)62(56(52)40-49,45-23-7-2-8-24-45)46-25-9-3-10-26-46/h1-41,59H. The molecule has 2 heterocycles. The molecule has 2 aliphatic rings. The van der Waals surface area contributed by atoms with Gasteiger partial charge in [0.2, 0.25) is 0 Å². The maximum atomic E-state index is 7.29. The fourth-order valence-corrected chi connectivity index (χ4v) is 11.0. The highest BCUT2D eigenvalue weighted by atomic mass is 16.5. The van der Waals surface area contributed by atoms with Gasteiger partial charge in [0.15, 0.2) is 5.75 Å². The summed E-state index contributed by atoms with van der Waals surface area (Å²) in [4.78, 5) is 2.42. The summed E-state index contributed by atoms with van der Waals surface area (Å²) >= 11 is 0. The van der Waals surface area contributed by atoms with Gasteiger partial charge in [-0.3, -0.25) is 0 Å². The van der Waals surface area contributed by atoms with E-state index in [1.807, 2.05) is 0 Å². The average Bonchev–Trinajstić information content (AvgIpc) is 3.87. The molecule has 306 valence electrons. The molecule has 1 aromatic heterocycles. The predicted octanol–water partition coefficient (Wildman–Crippen LogP) is 15.9. The number of anilines is 3. The van der Waals surface area contributed by atoms with Crippen molar-refractivity contribution in [2.24, 2.45) is 0 Å². The van der Waals surface area contributed by atoms with Crippen LogP contribution in [0.5, 0.6) is 11.5 Å². The topological polar surface area (TPSA) is 17.4 Å². The average molecular weight is 831 g/mol. The van der Waals surface area contributed by atoms with Crippen LogP contribution in [-0.4, -0.2) is 4.57 Å². The first-order valence-electron chi connectivity index (χ1n) is 22.5. The second kappa shape index (κ2) is 14.9. The molecule has 0 bridgehead atoms. The number of hydrogen-bond donors (Lipinski definition) is 0. The molecule has 3 heteroatoms. The fourth-order valence-electron chi connectivity index (χ4n) is 11.0. The summed E-state index contributed by atoms with van der Waals surface area (Å²) < 4.78 is 9.69. The van der Waals surface area contributed by atoms with E-state index < -0.39 is 5.41 Å². The SMILES string of the molecule is c1ccc(C2c3ccc(N(c4ccc5c(c4)C(c4ccccc4)(c4ccccc4)c4ccccc4-5)c4ccc5ccccc5c4)cc3Oc3c2n(-c2ccccc2)c2ccccc32)cc1. The lowest BCUT2D eigenvalue weighted by Crippen LogP contribution is -2.28. The van der Waals surface area contributed by atoms with E-state index >= 15 is 0 Å². The molecule has 1 atom stereocenters. The van der Waals surface area contributed by atoms with Crippen LogP contribution in [0.4, 0.5) is 17.1 Å². The van der Waals surface area contributed by atoms with Crippen molar-refractivity contribution < 1.29 is 4.74 Å². The van der Waals surface area contributed by atoms with Gasteiger partial charge in [-0.1, -0.05) is 188 Å². The first-order valence-corrected chi connectivity index (χ1v) is 22.5. The molecule has 0 fully saturated rings. The molecule has 1 aliphatic carbocycles. The summed E-state index contributed by atoms with van der Waals surface area (Å²) in [6.45, 7) is 0. The third-order valence-electron chi connectivity index (χ3n) is 13.8. The molecule has 1 aliphatic heterocycles. The summed E-state index contributed by atoms with van der Waals surface area (Å²) in [6.07, 6.45) is 0. The molecule has 65 heavy (non-hydrogen) atoms. The van der Waals surface area contributed by atoms with Gasteiger partial charge in [0.25, 0.3) is 0 Å². The minimum Gasteiger partial charge on any atom is -0.454 e. The monoisotopic (exact) mass is 830 g/mol. The fraction of sp³-hybridized carbons (Fsp3) is 0.0323. The number of aromatic nitrogens is 1. The Kier molecular flexibility index (Phi) is 8.50. The summed E-state index contributed by atoms with van der Waals surface area (Å²) in [5.74, 6) is 1.66. The number of hydrogen-bond acceptors (Lipinski definition) is 2. The van der Waals surface area contributed by atoms with Gasteiger partial charge in [0, 0.05) is 39.8 Å². The molecule has 0 N–H and O–H groups in total. The molecular formula is C62H42N2O. The first kappa shape index (κ1) is 37.2. The highest BCUT2D eigenvalue weighted by Crippen LogP contribution is 2.58. The van der Waals surface area contributed by atoms with Crippen molar-refractivity contribution >= 4 is 38.7 Å².